The van der Waals surface area contributed by atoms with Crippen LogP contribution < -0.4 is 9.46 Å². The largest absolute Gasteiger partial charge is 0.474 e. The summed E-state index contributed by atoms with van der Waals surface area (Å²) < 4.78 is 35.0. The molecule has 1 fully saturated rings. The first-order valence-corrected chi connectivity index (χ1v) is 12.2. The van der Waals surface area contributed by atoms with Gasteiger partial charge in [0.2, 0.25) is 5.82 Å². The van der Waals surface area contributed by atoms with Crippen LogP contribution in [0.1, 0.15) is 19.3 Å². The van der Waals surface area contributed by atoms with Crippen LogP contribution in [-0.2, 0) is 10.0 Å². The fourth-order valence-electron chi connectivity index (χ4n) is 3.41. The van der Waals surface area contributed by atoms with Gasteiger partial charge in [-0.25, -0.2) is 18.4 Å². The average molecular weight is 491 g/mol. The molecule has 30 heavy (non-hydrogen) atoms. The molecule has 2 aromatic carbocycles. The first-order valence-electron chi connectivity index (χ1n) is 9.92. The highest BCUT2D eigenvalue weighted by atomic mass is 79.9. The molecular weight excluding hydrogens is 468 g/mol. The molecule has 7 nitrogen and oxygen atoms in total. The number of piperidine rings is 1. The third-order valence-corrected chi connectivity index (χ3v) is 6.87. The number of para-hydroxylation sites is 2. The number of hydrogen-bond acceptors (Lipinski definition) is 6. The number of rotatable bonds is 7. The summed E-state index contributed by atoms with van der Waals surface area (Å²) in [6.45, 7) is 3.32. The molecule has 0 spiro atoms. The lowest BCUT2D eigenvalue weighted by Gasteiger charge is -2.26. The van der Waals surface area contributed by atoms with Crippen molar-refractivity contribution in [2.45, 2.75) is 24.2 Å². The van der Waals surface area contributed by atoms with Gasteiger partial charge in [-0.15, -0.1) is 0 Å². The number of nitrogens with zero attached hydrogens (tertiary/aromatic N) is 3. The Morgan fingerprint density at radius 3 is 2.33 bits per heavy atom. The number of likely N-dealkylation sites (tertiary alicyclic amines) is 1. The van der Waals surface area contributed by atoms with E-state index >= 15 is 0 Å². The fourth-order valence-corrected chi connectivity index (χ4v) is 4.67. The van der Waals surface area contributed by atoms with Crippen LogP contribution in [0, 0.1) is 0 Å². The van der Waals surface area contributed by atoms with Crippen molar-refractivity contribution >= 4 is 42.8 Å². The third kappa shape index (κ3) is 5.08. The maximum atomic E-state index is 12.9. The molecule has 158 valence electrons. The second kappa shape index (κ2) is 9.28. The van der Waals surface area contributed by atoms with E-state index in [1.165, 1.54) is 31.4 Å². The quantitative estimate of drug-likeness (QED) is 0.537. The highest BCUT2D eigenvalue weighted by Gasteiger charge is 2.20. The number of halogens is 1. The van der Waals surface area contributed by atoms with Crippen LogP contribution in [0.3, 0.4) is 0 Å². The minimum atomic E-state index is -3.83. The second-order valence-electron chi connectivity index (χ2n) is 7.18. The molecule has 0 atom stereocenters. The van der Waals surface area contributed by atoms with Crippen molar-refractivity contribution in [3.8, 4) is 5.88 Å². The van der Waals surface area contributed by atoms with Gasteiger partial charge in [0.1, 0.15) is 6.61 Å². The van der Waals surface area contributed by atoms with Gasteiger partial charge < -0.3 is 4.74 Å². The lowest BCUT2D eigenvalue weighted by atomic mass is 10.1. The normalized spacial score (nSPS) is 15.2. The van der Waals surface area contributed by atoms with Gasteiger partial charge in [-0.2, -0.15) is 0 Å². The Labute approximate surface area is 184 Å². The van der Waals surface area contributed by atoms with E-state index < -0.39 is 10.0 Å². The average Bonchev–Trinajstić information content (AvgIpc) is 2.75. The Morgan fingerprint density at radius 2 is 1.63 bits per heavy atom. The molecule has 0 bridgehead atoms. The molecule has 4 rings (SSSR count). The summed E-state index contributed by atoms with van der Waals surface area (Å²) in [6.07, 6.45) is 3.68. The van der Waals surface area contributed by atoms with Crippen molar-refractivity contribution < 1.29 is 13.2 Å². The molecule has 2 heterocycles. The smallest absolute Gasteiger partial charge is 0.263 e. The summed E-state index contributed by atoms with van der Waals surface area (Å²) in [5.74, 6) is 0.279. The molecule has 1 N–H and O–H groups in total. The van der Waals surface area contributed by atoms with E-state index in [-0.39, 0.29) is 16.6 Å². The van der Waals surface area contributed by atoms with Crippen molar-refractivity contribution in [1.82, 2.24) is 14.9 Å². The Bertz CT molecular complexity index is 1120. The molecule has 0 saturated carbocycles. The van der Waals surface area contributed by atoms with Crippen molar-refractivity contribution in [3.05, 3.63) is 53.0 Å². The zero-order chi connectivity index (χ0) is 21.0. The molecular formula is C21H23BrN4O3S. The number of sulfonamides is 1. The Hall–Kier alpha value is -2.23. The highest BCUT2D eigenvalue weighted by molar-refractivity contribution is 9.10. The van der Waals surface area contributed by atoms with E-state index in [0.29, 0.717) is 17.6 Å². The molecule has 0 amide bonds. The summed E-state index contributed by atoms with van der Waals surface area (Å²) >= 11 is 3.32. The summed E-state index contributed by atoms with van der Waals surface area (Å²) in [5.41, 5.74) is 1.24. The summed E-state index contributed by atoms with van der Waals surface area (Å²) in [4.78, 5) is 11.5. The van der Waals surface area contributed by atoms with Crippen LogP contribution in [0.25, 0.3) is 11.0 Å². The predicted molar refractivity (Wildman–Crippen MR) is 120 cm³/mol. The van der Waals surface area contributed by atoms with Crippen molar-refractivity contribution in [2.75, 3.05) is 31.0 Å². The SMILES string of the molecule is O=S(=O)(Nc1nc2ccccc2nc1OCCN1CCCCC1)c1ccc(Br)cc1. The number of hydrogen-bond donors (Lipinski definition) is 1. The minimum absolute atomic E-state index is 0.0928. The third-order valence-electron chi connectivity index (χ3n) is 4.99. The number of anilines is 1. The number of benzene rings is 2. The molecule has 1 aliphatic rings. The Balaban J connectivity index is 1.58. The fraction of sp³-hybridized carbons (Fsp3) is 0.333. The van der Waals surface area contributed by atoms with E-state index in [0.717, 1.165) is 24.1 Å². The Morgan fingerprint density at radius 1 is 0.967 bits per heavy atom. The van der Waals surface area contributed by atoms with Crippen molar-refractivity contribution in [1.29, 1.82) is 0 Å². The minimum Gasteiger partial charge on any atom is -0.474 e. The molecule has 1 aromatic heterocycles. The lowest BCUT2D eigenvalue weighted by molar-refractivity contribution is 0.181. The maximum Gasteiger partial charge on any atom is 0.263 e. The van der Waals surface area contributed by atoms with Crippen LogP contribution in [-0.4, -0.2) is 49.5 Å². The zero-order valence-electron chi connectivity index (χ0n) is 16.4. The number of fused-ring (bicyclic) bond motifs is 1. The van der Waals surface area contributed by atoms with E-state index in [1.54, 1.807) is 18.2 Å². The van der Waals surface area contributed by atoms with Crippen LogP contribution in [0.5, 0.6) is 5.88 Å². The number of nitrogens with one attached hydrogen (secondary N) is 1. The predicted octanol–water partition coefficient (Wildman–Crippen LogP) is 4.06. The van der Waals surface area contributed by atoms with Crippen LogP contribution in [0.4, 0.5) is 5.82 Å². The van der Waals surface area contributed by atoms with Gasteiger partial charge in [0.25, 0.3) is 15.9 Å². The lowest BCUT2D eigenvalue weighted by Crippen LogP contribution is -2.33. The van der Waals surface area contributed by atoms with Crippen LogP contribution in [0.2, 0.25) is 0 Å². The standard InChI is InChI=1S/C21H23BrN4O3S/c22-16-8-10-17(11-9-16)30(27,28)25-20-21(24-19-7-3-2-6-18(19)23-20)29-15-14-26-12-4-1-5-13-26/h2-3,6-11H,1,4-5,12-15H2,(H,23,25). The van der Waals surface area contributed by atoms with Crippen molar-refractivity contribution in [3.63, 3.8) is 0 Å². The van der Waals surface area contributed by atoms with Crippen LogP contribution in [0.15, 0.2) is 57.9 Å². The topological polar surface area (TPSA) is 84.4 Å². The molecule has 1 aliphatic heterocycles. The first-order chi connectivity index (χ1) is 14.5. The summed E-state index contributed by atoms with van der Waals surface area (Å²) in [6, 6.07) is 13.7. The molecule has 3 aromatic rings. The Kier molecular flexibility index (Phi) is 6.50. The maximum absolute atomic E-state index is 12.9. The van der Waals surface area contributed by atoms with Gasteiger partial charge in [-0.1, -0.05) is 34.5 Å². The van der Waals surface area contributed by atoms with Crippen molar-refractivity contribution in [2.24, 2.45) is 0 Å². The van der Waals surface area contributed by atoms with Gasteiger partial charge in [0.15, 0.2) is 0 Å². The first kappa shape index (κ1) is 21.0. The number of ether oxygens (including phenoxy) is 1. The molecule has 9 heteroatoms. The van der Waals surface area contributed by atoms with E-state index in [2.05, 4.69) is 35.5 Å². The highest BCUT2D eigenvalue weighted by Crippen LogP contribution is 2.26. The molecule has 1 saturated heterocycles. The van der Waals surface area contributed by atoms with Gasteiger partial charge in [-0.05, 0) is 62.3 Å². The van der Waals surface area contributed by atoms with E-state index in [1.807, 2.05) is 18.2 Å². The molecule has 0 aliphatic carbocycles. The second-order valence-corrected chi connectivity index (χ2v) is 9.77. The number of aromatic nitrogens is 2. The van der Waals surface area contributed by atoms with Gasteiger partial charge >= 0.3 is 0 Å². The molecule has 0 radical (unpaired) electrons. The van der Waals surface area contributed by atoms with Gasteiger partial charge in [0.05, 0.1) is 15.9 Å². The summed E-state index contributed by atoms with van der Waals surface area (Å²) in [7, 11) is -3.83. The molecule has 0 unspecified atom stereocenters. The van der Waals surface area contributed by atoms with E-state index in [4.69, 9.17) is 4.74 Å². The van der Waals surface area contributed by atoms with Gasteiger partial charge in [-0.3, -0.25) is 9.62 Å². The summed E-state index contributed by atoms with van der Waals surface area (Å²) in [5, 5.41) is 0. The zero-order valence-corrected chi connectivity index (χ0v) is 18.8. The van der Waals surface area contributed by atoms with E-state index in [9.17, 15) is 8.42 Å². The van der Waals surface area contributed by atoms with Gasteiger partial charge in [0, 0.05) is 11.0 Å². The van der Waals surface area contributed by atoms with Crippen LogP contribution >= 0.6 is 15.9 Å². The monoisotopic (exact) mass is 490 g/mol.